The topological polar surface area (TPSA) is 103 Å². The molecule has 0 radical (unpaired) electrons. The van der Waals surface area contributed by atoms with Crippen LogP contribution >= 0.6 is 11.3 Å². The zero-order chi connectivity index (χ0) is 26.3. The number of ether oxygens (including phenoxy) is 1. The lowest BCUT2D eigenvalue weighted by Gasteiger charge is -2.35. The van der Waals surface area contributed by atoms with E-state index in [0.29, 0.717) is 24.5 Å². The van der Waals surface area contributed by atoms with Gasteiger partial charge in [0.05, 0.1) is 37.4 Å². The third kappa shape index (κ3) is 5.06. The quantitative estimate of drug-likeness (QED) is 0.502. The van der Waals surface area contributed by atoms with Crippen LogP contribution < -0.4 is 10.2 Å². The van der Waals surface area contributed by atoms with Crippen molar-refractivity contribution in [3.63, 3.8) is 0 Å². The number of likely N-dealkylation sites (N-methyl/N-ethyl adjacent to an activating group) is 1. The number of aromatic nitrogens is 2. The van der Waals surface area contributed by atoms with Crippen LogP contribution in [0.1, 0.15) is 40.3 Å². The number of nitriles is 1. The number of rotatable bonds is 6. The van der Waals surface area contributed by atoms with Gasteiger partial charge in [0.1, 0.15) is 11.4 Å². The number of thiazole rings is 1. The maximum absolute atomic E-state index is 12.7. The van der Waals surface area contributed by atoms with Crippen LogP contribution in [0.3, 0.4) is 0 Å². The number of hydrogen-bond donors (Lipinski definition) is 1. The number of morpholine rings is 1. The molecule has 10 heteroatoms. The molecular weight excluding hydrogens is 488 g/mol. The second-order valence-electron chi connectivity index (χ2n) is 10.6. The maximum atomic E-state index is 12.7. The van der Waals surface area contributed by atoms with E-state index in [1.54, 1.807) is 7.05 Å². The third-order valence-corrected chi connectivity index (χ3v) is 8.24. The van der Waals surface area contributed by atoms with Crippen LogP contribution in [0.25, 0.3) is 10.9 Å². The van der Waals surface area contributed by atoms with Crippen molar-refractivity contribution >= 4 is 39.2 Å². The molecule has 1 saturated heterocycles. The van der Waals surface area contributed by atoms with E-state index in [9.17, 15) is 9.59 Å². The highest BCUT2D eigenvalue weighted by Crippen LogP contribution is 2.34. The molecule has 0 spiro atoms. The first kappa shape index (κ1) is 25.2. The average molecular weight is 521 g/mol. The van der Waals surface area contributed by atoms with Gasteiger partial charge in [0, 0.05) is 49.7 Å². The number of hydrogen-bond acceptors (Lipinski definition) is 7. The summed E-state index contributed by atoms with van der Waals surface area (Å²) in [7, 11) is 3.68. The summed E-state index contributed by atoms with van der Waals surface area (Å²) in [5.41, 5.74) is 3.78. The van der Waals surface area contributed by atoms with E-state index in [2.05, 4.69) is 33.1 Å². The molecule has 0 saturated carbocycles. The number of amides is 2. The summed E-state index contributed by atoms with van der Waals surface area (Å²) in [4.78, 5) is 34.5. The molecule has 0 unspecified atom stereocenters. The second kappa shape index (κ2) is 9.80. The summed E-state index contributed by atoms with van der Waals surface area (Å²) < 4.78 is 7.99. The predicted molar refractivity (Wildman–Crippen MR) is 143 cm³/mol. The average Bonchev–Trinajstić information content (AvgIpc) is 3.40. The first-order valence-corrected chi connectivity index (χ1v) is 13.3. The summed E-state index contributed by atoms with van der Waals surface area (Å²) in [6.45, 7) is 6.04. The monoisotopic (exact) mass is 520 g/mol. The van der Waals surface area contributed by atoms with Gasteiger partial charge in [0.15, 0.2) is 5.13 Å². The van der Waals surface area contributed by atoms with Crippen LogP contribution in [0.2, 0.25) is 0 Å². The molecule has 2 aromatic heterocycles. The summed E-state index contributed by atoms with van der Waals surface area (Å²) in [5.74, 6) is -0.124. The van der Waals surface area contributed by atoms with Gasteiger partial charge in [-0.1, -0.05) is 17.4 Å². The highest BCUT2D eigenvalue weighted by molar-refractivity contribution is 7.17. The van der Waals surface area contributed by atoms with Crippen molar-refractivity contribution < 1.29 is 14.3 Å². The minimum atomic E-state index is -0.300. The van der Waals surface area contributed by atoms with Gasteiger partial charge in [-0.2, -0.15) is 5.26 Å². The smallest absolute Gasteiger partial charge is 0.263 e. The summed E-state index contributed by atoms with van der Waals surface area (Å²) in [5, 5.41) is 14.0. The van der Waals surface area contributed by atoms with E-state index >= 15 is 0 Å². The Morgan fingerprint density at radius 1 is 1.41 bits per heavy atom. The SMILES string of the molecule is CN(CC#N)C(=O)Cc1ccc2c(c1)c(C[C@H]1COCCN1c1nc3c(s1)C(=O)NC(C)(C)C3)cn2C. The van der Waals surface area contributed by atoms with Crippen LogP contribution in [0.4, 0.5) is 5.13 Å². The van der Waals surface area contributed by atoms with Crippen LogP contribution in [-0.4, -0.2) is 71.2 Å². The number of aryl methyl sites for hydroxylation is 1. The third-order valence-electron chi connectivity index (χ3n) is 7.11. The van der Waals surface area contributed by atoms with Crippen LogP contribution in [0.5, 0.6) is 0 Å². The Morgan fingerprint density at radius 2 is 2.22 bits per heavy atom. The van der Waals surface area contributed by atoms with Crippen molar-refractivity contribution in [2.75, 3.05) is 38.3 Å². The number of fused-ring (bicyclic) bond motifs is 2. The Morgan fingerprint density at radius 3 is 3.00 bits per heavy atom. The van der Waals surface area contributed by atoms with Crippen molar-refractivity contribution in [3.8, 4) is 6.07 Å². The highest BCUT2D eigenvalue weighted by Gasteiger charge is 2.35. The van der Waals surface area contributed by atoms with Gasteiger partial charge < -0.3 is 24.4 Å². The number of nitrogens with one attached hydrogen (secondary N) is 1. The fourth-order valence-electron chi connectivity index (χ4n) is 5.21. The zero-order valence-corrected chi connectivity index (χ0v) is 22.5. The van der Waals surface area contributed by atoms with E-state index in [1.807, 2.05) is 33.0 Å². The molecule has 1 atom stereocenters. The van der Waals surface area contributed by atoms with E-state index in [4.69, 9.17) is 15.0 Å². The Bertz CT molecular complexity index is 1400. The Kier molecular flexibility index (Phi) is 6.68. The fourth-order valence-corrected chi connectivity index (χ4v) is 6.29. The van der Waals surface area contributed by atoms with Gasteiger partial charge in [0.2, 0.25) is 5.91 Å². The van der Waals surface area contributed by atoms with Crippen LogP contribution in [0, 0.1) is 11.3 Å². The minimum absolute atomic E-state index is 0.0450. The van der Waals surface area contributed by atoms with Gasteiger partial charge in [-0.15, -0.1) is 0 Å². The first-order chi connectivity index (χ1) is 17.6. The van der Waals surface area contributed by atoms with Crippen molar-refractivity contribution in [3.05, 3.63) is 46.1 Å². The van der Waals surface area contributed by atoms with Gasteiger partial charge in [-0.05, 0) is 43.5 Å². The second-order valence-corrected chi connectivity index (χ2v) is 11.6. The normalized spacial score (nSPS) is 18.8. The lowest BCUT2D eigenvalue weighted by Crippen LogP contribution is -2.48. The molecule has 1 aromatic carbocycles. The van der Waals surface area contributed by atoms with E-state index in [0.717, 1.165) is 40.3 Å². The number of anilines is 1. The molecule has 4 heterocycles. The number of nitrogens with zero attached hydrogens (tertiary/aromatic N) is 5. The Balaban J connectivity index is 1.41. The standard InChI is InChI=1S/C27H32N6O3S/c1-27(2)14-21-24(25(35)30-27)37-26(29-21)33-9-10-36-16-19(33)13-18-15-32(4)22-6-5-17(11-20(18)22)12-23(34)31(3)8-7-28/h5-6,11,15,19H,8-10,12-14,16H2,1-4H3,(H,30,35)/t19-/m0/s1. The molecule has 9 nitrogen and oxygen atoms in total. The molecular formula is C27H32N6O3S. The van der Waals surface area contributed by atoms with Gasteiger partial charge in [-0.25, -0.2) is 4.98 Å². The van der Waals surface area contributed by atoms with E-state index in [1.165, 1.54) is 21.8 Å². The first-order valence-electron chi connectivity index (χ1n) is 12.5. The Labute approximate surface area is 220 Å². The summed E-state index contributed by atoms with van der Waals surface area (Å²) in [6, 6.07) is 8.22. The molecule has 1 N–H and O–H groups in total. The largest absolute Gasteiger partial charge is 0.377 e. The molecule has 2 amide bonds. The lowest BCUT2D eigenvalue weighted by molar-refractivity contribution is -0.128. The molecule has 0 bridgehead atoms. The fraction of sp³-hybridized carbons (Fsp3) is 0.481. The molecule has 0 aliphatic carbocycles. The van der Waals surface area contributed by atoms with Gasteiger partial charge in [0.25, 0.3) is 5.91 Å². The molecule has 5 rings (SSSR count). The van der Waals surface area contributed by atoms with Gasteiger partial charge >= 0.3 is 0 Å². The molecule has 2 aliphatic rings. The van der Waals surface area contributed by atoms with Crippen molar-refractivity contribution in [2.45, 2.75) is 44.7 Å². The number of benzene rings is 1. The van der Waals surface area contributed by atoms with Crippen molar-refractivity contribution in [2.24, 2.45) is 7.05 Å². The molecule has 37 heavy (non-hydrogen) atoms. The van der Waals surface area contributed by atoms with E-state index < -0.39 is 0 Å². The molecule has 194 valence electrons. The Hall–Kier alpha value is -3.42. The lowest BCUT2D eigenvalue weighted by atomic mass is 9.94. The van der Waals surface area contributed by atoms with Crippen LogP contribution in [0.15, 0.2) is 24.4 Å². The number of carbonyl (C=O) groups excluding carboxylic acids is 2. The van der Waals surface area contributed by atoms with Crippen molar-refractivity contribution in [1.82, 2.24) is 19.8 Å². The summed E-state index contributed by atoms with van der Waals surface area (Å²) in [6.07, 6.45) is 3.87. The highest BCUT2D eigenvalue weighted by atomic mass is 32.1. The van der Waals surface area contributed by atoms with Gasteiger partial charge in [-0.3, -0.25) is 9.59 Å². The van der Waals surface area contributed by atoms with Crippen molar-refractivity contribution in [1.29, 1.82) is 5.26 Å². The zero-order valence-electron chi connectivity index (χ0n) is 21.7. The predicted octanol–water partition coefficient (Wildman–Crippen LogP) is 2.67. The molecule has 3 aromatic rings. The van der Waals surface area contributed by atoms with Crippen LogP contribution in [-0.2, 0) is 35.8 Å². The van der Waals surface area contributed by atoms with E-state index in [-0.39, 0.29) is 36.4 Å². The minimum Gasteiger partial charge on any atom is -0.377 e. The molecule has 1 fully saturated rings. The number of carbonyl (C=O) groups is 2. The maximum Gasteiger partial charge on any atom is 0.263 e. The molecule has 2 aliphatic heterocycles. The summed E-state index contributed by atoms with van der Waals surface area (Å²) >= 11 is 1.47.